The lowest BCUT2D eigenvalue weighted by molar-refractivity contribution is 0.681. The summed E-state index contributed by atoms with van der Waals surface area (Å²) in [4.78, 5) is 0.744. The molecule has 1 atom stereocenters. The van der Waals surface area contributed by atoms with Crippen LogP contribution in [0.25, 0.3) is 0 Å². The molecule has 4 heteroatoms. The van der Waals surface area contributed by atoms with Gasteiger partial charge in [-0.15, -0.1) is 0 Å². The van der Waals surface area contributed by atoms with Crippen LogP contribution in [0.15, 0.2) is 76.0 Å². The first kappa shape index (κ1) is 25.0. The molecule has 0 bridgehead atoms. The molecule has 0 unspecified atom stereocenters. The molecule has 0 radical (unpaired) electrons. The number of benzene rings is 3. The number of para-hydroxylation sites is 1. The van der Waals surface area contributed by atoms with E-state index >= 15 is 0 Å². The minimum atomic E-state index is -2.54. The van der Waals surface area contributed by atoms with Crippen molar-refractivity contribution < 1.29 is 4.21 Å². The number of nitrogens with one attached hydrogen (secondary N) is 1. The molecule has 0 heterocycles. The zero-order chi connectivity index (χ0) is 24.2. The first-order chi connectivity index (χ1) is 15.6. The molecule has 0 amide bonds. The van der Waals surface area contributed by atoms with E-state index in [2.05, 4.69) is 59.0 Å². The summed E-state index contributed by atoms with van der Waals surface area (Å²) in [5.41, 5.74) is 7.19. The van der Waals surface area contributed by atoms with Gasteiger partial charge in [0.2, 0.25) is 0 Å². The topological polar surface area (TPSA) is 41.5 Å². The Morgan fingerprint density at radius 1 is 0.788 bits per heavy atom. The van der Waals surface area contributed by atoms with Crippen LogP contribution in [0.1, 0.15) is 81.5 Å². The number of rotatable bonds is 8. The van der Waals surface area contributed by atoms with Gasteiger partial charge in [0.25, 0.3) is 0 Å². The van der Waals surface area contributed by atoms with Crippen molar-refractivity contribution in [1.82, 2.24) is 0 Å². The van der Waals surface area contributed by atoms with Crippen LogP contribution < -0.4 is 5.32 Å². The second-order valence-electron chi connectivity index (χ2n) is 9.72. The van der Waals surface area contributed by atoms with E-state index in [1.807, 2.05) is 54.6 Å². The van der Waals surface area contributed by atoms with Crippen LogP contribution in [0.5, 0.6) is 0 Å². The third-order valence-corrected chi connectivity index (χ3v) is 7.76. The average Bonchev–Trinajstić information content (AvgIpc) is 2.78. The molecular formula is C29H38N2OS. The highest BCUT2D eigenvalue weighted by Gasteiger charge is 2.17. The minimum absolute atomic E-state index is 0.436. The number of hydrogen-bond donors (Lipinski definition) is 1. The van der Waals surface area contributed by atoms with Crippen molar-refractivity contribution in [2.75, 3.05) is 11.6 Å². The second kappa shape index (κ2) is 10.6. The fraction of sp³-hybridized carbons (Fsp3) is 0.379. The maximum atomic E-state index is 13.4. The van der Waals surface area contributed by atoms with Gasteiger partial charge in [0.15, 0.2) is 0 Å². The summed E-state index contributed by atoms with van der Waals surface area (Å²) in [6.45, 7) is 14.3. The molecule has 3 nitrogen and oxygen atoms in total. The molecule has 1 N–H and O–H groups in total. The Balaban J connectivity index is 2.01. The predicted octanol–water partition coefficient (Wildman–Crippen LogP) is 8.46. The molecule has 3 aromatic rings. The average molecular weight is 463 g/mol. The quantitative estimate of drug-likeness (QED) is 0.365. The summed E-state index contributed by atoms with van der Waals surface area (Å²) in [7, 11) is -2.54. The zero-order valence-electron chi connectivity index (χ0n) is 21.1. The van der Waals surface area contributed by atoms with Gasteiger partial charge in [0, 0.05) is 17.7 Å². The Kier molecular flexibility index (Phi) is 8.01. The van der Waals surface area contributed by atoms with Gasteiger partial charge in [0.05, 0.1) is 21.1 Å². The van der Waals surface area contributed by atoms with E-state index in [9.17, 15) is 4.21 Å². The van der Waals surface area contributed by atoms with Crippen molar-refractivity contribution in [1.29, 1.82) is 0 Å². The van der Waals surface area contributed by atoms with E-state index in [4.69, 9.17) is 4.36 Å². The summed E-state index contributed by atoms with van der Waals surface area (Å²) in [5.74, 6) is 1.37. The molecule has 0 aliphatic heterocycles. The summed E-state index contributed by atoms with van der Waals surface area (Å²) in [6, 6.07) is 22.1. The lowest BCUT2D eigenvalue weighted by atomic mass is 9.84. The summed E-state index contributed by atoms with van der Waals surface area (Å²) in [5, 5.41) is 3.62. The van der Waals surface area contributed by atoms with Crippen molar-refractivity contribution in [3.63, 3.8) is 0 Å². The second-order valence-corrected chi connectivity index (χ2v) is 12.0. The van der Waals surface area contributed by atoms with Gasteiger partial charge < -0.3 is 5.32 Å². The van der Waals surface area contributed by atoms with Crippen LogP contribution in [0.4, 0.5) is 11.4 Å². The van der Waals surface area contributed by atoms with Crippen molar-refractivity contribution in [3.8, 4) is 0 Å². The highest BCUT2D eigenvalue weighted by molar-refractivity contribution is 7.93. The zero-order valence-corrected chi connectivity index (χ0v) is 21.9. The Morgan fingerprint density at radius 3 is 1.88 bits per heavy atom. The van der Waals surface area contributed by atoms with E-state index in [1.165, 1.54) is 22.3 Å². The van der Waals surface area contributed by atoms with Crippen LogP contribution >= 0.6 is 0 Å². The standard InChI is InChI=1S/C29H38N2OS/c1-20(2)23-17-25(21(3)4)27(26(18-23)22(5)6)19-30-28-15-11-12-16-29(28)31-33(7,32)24-13-9-8-10-14-24/h8-18,20-22,30H,19H2,1-7H3/t33-/m1/s1. The van der Waals surface area contributed by atoms with Crippen molar-refractivity contribution >= 4 is 21.1 Å². The Hall–Kier alpha value is -2.59. The molecule has 0 saturated carbocycles. The van der Waals surface area contributed by atoms with Gasteiger partial charge in [-0.2, -0.15) is 4.36 Å². The fourth-order valence-electron chi connectivity index (χ4n) is 4.11. The Morgan fingerprint density at radius 2 is 1.33 bits per heavy atom. The molecule has 3 rings (SSSR count). The normalized spacial score (nSPS) is 13.4. The van der Waals surface area contributed by atoms with Crippen molar-refractivity contribution in [2.24, 2.45) is 4.36 Å². The van der Waals surface area contributed by atoms with Gasteiger partial charge >= 0.3 is 0 Å². The first-order valence-electron chi connectivity index (χ1n) is 11.9. The molecule has 0 aromatic heterocycles. The monoisotopic (exact) mass is 462 g/mol. The largest absolute Gasteiger partial charge is 0.379 e. The highest BCUT2D eigenvalue weighted by Crippen LogP contribution is 2.34. The van der Waals surface area contributed by atoms with Crippen LogP contribution in [-0.2, 0) is 16.3 Å². The first-order valence-corrected chi connectivity index (χ1v) is 13.8. The van der Waals surface area contributed by atoms with E-state index in [-0.39, 0.29) is 0 Å². The van der Waals surface area contributed by atoms with Crippen LogP contribution in [0.2, 0.25) is 0 Å². The maximum Gasteiger partial charge on any atom is 0.0964 e. The molecule has 176 valence electrons. The van der Waals surface area contributed by atoms with Gasteiger partial charge in [0.1, 0.15) is 0 Å². The molecule has 0 fully saturated rings. The lowest BCUT2D eigenvalue weighted by Gasteiger charge is -2.24. The van der Waals surface area contributed by atoms with Crippen molar-refractivity contribution in [2.45, 2.75) is 70.7 Å². The number of anilines is 1. The molecule has 0 saturated heterocycles. The SMILES string of the molecule is CC(C)c1cc(C(C)C)c(CNc2ccccc2N=[S@](C)(=O)c2ccccc2)c(C(C)C)c1. The third kappa shape index (κ3) is 6.05. The van der Waals surface area contributed by atoms with Gasteiger partial charge in [-0.3, -0.25) is 0 Å². The lowest BCUT2D eigenvalue weighted by Crippen LogP contribution is -2.11. The third-order valence-electron chi connectivity index (χ3n) is 6.06. The summed E-state index contributed by atoms with van der Waals surface area (Å²) >= 11 is 0. The van der Waals surface area contributed by atoms with Crippen molar-refractivity contribution in [3.05, 3.63) is 89.0 Å². The van der Waals surface area contributed by atoms with Gasteiger partial charge in [-0.25, -0.2) is 4.21 Å². The van der Waals surface area contributed by atoms with Gasteiger partial charge in [-0.1, -0.05) is 84.0 Å². The molecule has 3 aromatic carbocycles. The molecular weight excluding hydrogens is 424 g/mol. The number of nitrogens with zero attached hydrogens (tertiary/aromatic N) is 1. The Bertz CT molecular complexity index is 1170. The molecule has 0 spiro atoms. The van der Waals surface area contributed by atoms with E-state index in [0.717, 1.165) is 16.3 Å². The minimum Gasteiger partial charge on any atom is -0.379 e. The molecule has 33 heavy (non-hydrogen) atoms. The van der Waals surface area contributed by atoms with E-state index in [0.29, 0.717) is 24.3 Å². The van der Waals surface area contributed by atoms with Gasteiger partial charge in [-0.05, 0) is 64.3 Å². The van der Waals surface area contributed by atoms with Crippen LogP contribution in [-0.4, -0.2) is 10.5 Å². The van der Waals surface area contributed by atoms with Crippen LogP contribution in [0, 0.1) is 0 Å². The summed E-state index contributed by atoms with van der Waals surface area (Å²) in [6.07, 6.45) is 1.71. The van der Waals surface area contributed by atoms with E-state index in [1.54, 1.807) is 6.26 Å². The maximum absolute atomic E-state index is 13.4. The Labute approximate surface area is 200 Å². The molecule has 0 aliphatic rings. The fourth-order valence-corrected chi connectivity index (χ4v) is 5.41. The molecule has 0 aliphatic carbocycles. The van der Waals surface area contributed by atoms with E-state index < -0.39 is 9.73 Å². The number of hydrogen-bond acceptors (Lipinski definition) is 3. The summed E-state index contributed by atoms with van der Waals surface area (Å²) < 4.78 is 18.1. The smallest absolute Gasteiger partial charge is 0.0964 e. The predicted molar refractivity (Wildman–Crippen MR) is 143 cm³/mol. The van der Waals surface area contributed by atoms with Crippen LogP contribution in [0.3, 0.4) is 0 Å². The highest BCUT2D eigenvalue weighted by atomic mass is 32.2.